The molecule has 1 amide bonds. The normalized spacial score (nSPS) is 12.2. The lowest BCUT2D eigenvalue weighted by Gasteiger charge is -2.20. The molecule has 0 unspecified atom stereocenters. The highest BCUT2D eigenvalue weighted by molar-refractivity contribution is 7.10. The molecule has 2 N–H and O–H groups in total. The molecule has 1 aromatic carbocycles. The van der Waals surface area contributed by atoms with Gasteiger partial charge in [-0.05, 0) is 17.5 Å². The minimum absolute atomic E-state index is 0.0709. The van der Waals surface area contributed by atoms with Crippen molar-refractivity contribution < 1.29 is 14.6 Å². The van der Waals surface area contributed by atoms with E-state index in [4.69, 9.17) is 11.6 Å². The Bertz CT molecular complexity index is 704. The van der Waals surface area contributed by atoms with Crippen LogP contribution >= 0.6 is 22.9 Å². The van der Waals surface area contributed by atoms with Gasteiger partial charge in [-0.2, -0.15) is 0 Å². The highest BCUT2D eigenvalue weighted by Gasteiger charge is 2.21. The van der Waals surface area contributed by atoms with Crippen molar-refractivity contribution in [3.8, 4) is 0 Å². The van der Waals surface area contributed by atoms with E-state index in [1.54, 1.807) is 11.3 Å². The monoisotopic (exact) mass is 354 g/mol. The van der Waals surface area contributed by atoms with Crippen LogP contribution in [0.4, 0.5) is 5.69 Å². The zero-order valence-electron chi connectivity index (χ0n) is 12.7. The van der Waals surface area contributed by atoms with E-state index in [-0.39, 0.29) is 28.2 Å². The molecule has 1 heterocycles. The van der Waals surface area contributed by atoms with Crippen LogP contribution in [0.25, 0.3) is 0 Å². The second-order valence-corrected chi connectivity index (χ2v) is 6.66. The first-order valence-corrected chi connectivity index (χ1v) is 8.21. The topological polar surface area (TPSA) is 76.7 Å². The third-order valence-corrected chi connectivity index (χ3v) is 4.76. The second kappa shape index (κ2) is 7.54. The Morgan fingerprint density at radius 3 is 2.70 bits per heavy atom. The molecule has 0 aliphatic heterocycles. The Hall–Kier alpha value is -1.96. The molecular weight excluding hydrogens is 338 g/mol. The molecule has 2 rings (SSSR count). The number of rotatable bonds is 6. The fourth-order valence-corrected chi connectivity index (χ4v) is 3.39. The highest BCUT2D eigenvalue weighted by Crippen LogP contribution is 2.22. The number of carbonyl (C=O) groups is 1. The first-order valence-electron chi connectivity index (χ1n) is 6.95. The maximum Gasteiger partial charge on any atom is 0.270 e. The molecular formula is C15H17ClN3O3S+. The molecule has 0 radical (unpaired) electrons. The van der Waals surface area contributed by atoms with Gasteiger partial charge in [0, 0.05) is 12.1 Å². The summed E-state index contributed by atoms with van der Waals surface area (Å²) in [4.78, 5) is 24.8. The van der Waals surface area contributed by atoms with Crippen LogP contribution < -0.4 is 10.2 Å². The van der Waals surface area contributed by atoms with Crippen molar-refractivity contribution in [3.05, 3.63) is 61.3 Å². The van der Waals surface area contributed by atoms with Crippen molar-refractivity contribution in [1.29, 1.82) is 0 Å². The minimum Gasteiger partial charge on any atom is -0.346 e. The van der Waals surface area contributed by atoms with E-state index in [9.17, 15) is 14.9 Å². The van der Waals surface area contributed by atoms with E-state index >= 15 is 0 Å². The molecule has 8 heteroatoms. The standard InChI is InChI=1S/C15H16ClN3O3S/c1-18(2)13(14-4-3-7-23-14)9-17-15(20)11-6-5-10(19(21)22)8-12(11)16/h3-8,13H,9H2,1-2H3,(H,17,20)/p+1/t13-/m0/s1. The van der Waals surface area contributed by atoms with Gasteiger partial charge in [-0.15, -0.1) is 11.3 Å². The summed E-state index contributed by atoms with van der Waals surface area (Å²) in [6.45, 7) is 0.453. The molecule has 0 aliphatic carbocycles. The Labute approximate surface area is 142 Å². The average Bonchev–Trinajstić information content (AvgIpc) is 3.00. The summed E-state index contributed by atoms with van der Waals surface area (Å²) in [5.41, 5.74) is 0.0942. The smallest absolute Gasteiger partial charge is 0.270 e. The van der Waals surface area contributed by atoms with Crippen LogP contribution in [0.15, 0.2) is 35.7 Å². The zero-order valence-corrected chi connectivity index (χ0v) is 14.3. The molecule has 122 valence electrons. The molecule has 0 bridgehead atoms. The van der Waals surface area contributed by atoms with Gasteiger partial charge in [0.2, 0.25) is 0 Å². The van der Waals surface area contributed by atoms with Crippen molar-refractivity contribution in [2.24, 2.45) is 0 Å². The first-order chi connectivity index (χ1) is 10.9. The molecule has 0 aliphatic rings. The number of nitro benzene ring substituents is 1. The van der Waals surface area contributed by atoms with Gasteiger partial charge < -0.3 is 10.2 Å². The van der Waals surface area contributed by atoms with Gasteiger partial charge in [-0.1, -0.05) is 17.7 Å². The lowest BCUT2D eigenvalue weighted by molar-refractivity contribution is -0.890. The van der Waals surface area contributed by atoms with Gasteiger partial charge in [0.15, 0.2) is 0 Å². The number of thiophene rings is 1. The van der Waals surface area contributed by atoms with Crippen LogP contribution in [0.2, 0.25) is 5.02 Å². The van der Waals surface area contributed by atoms with E-state index in [1.165, 1.54) is 28.0 Å². The molecule has 1 aromatic heterocycles. The number of hydrogen-bond donors (Lipinski definition) is 2. The van der Waals surface area contributed by atoms with Crippen molar-refractivity contribution in [2.45, 2.75) is 6.04 Å². The van der Waals surface area contributed by atoms with Gasteiger partial charge in [-0.25, -0.2) is 0 Å². The molecule has 0 saturated carbocycles. The number of benzene rings is 1. The number of hydrogen-bond acceptors (Lipinski definition) is 4. The molecule has 0 spiro atoms. The van der Waals surface area contributed by atoms with Crippen LogP contribution in [-0.4, -0.2) is 31.5 Å². The van der Waals surface area contributed by atoms with Crippen molar-refractivity contribution in [2.75, 3.05) is 20.6 Å². The Morgan fingerprint density at radius 2 is 2.17 bits per heavy atom. The number of quaternary nitrogens is 1. The van der Waals surface area contributed by atoms with E-state index in [0.29, 0.717) is 6.54 Å². The first kappa shape index (κ1) is 17.4. The van der Waals surface area contributed by atoms with Gasteiger partial charge >= 0.3 is 0 Å². The number of nitrogens with zero attached hydrogens (tertiary/aromatic N) is 1. The lowest BCUT2D eigenvalue weighted by Crippen LogP contribution is -3.06. The SMILES string of the molecule is C[NH+](C)[C@@H](CNC(=O)c1ccc([N+](=O)[O-])cc1Cl)c1cccs1. The van der Waals surface area contributed by atoms with Crippen molar-refractivity contribution >= 4 is 34.5 Å². The van der Waals surface area contributed by atoms with Gasteiger partial charge in [0.1, 0.15) is 6.04 Å². The van der Waals surface area contributed by atoms with Crippen LogP contribution in [0.1, 0.15) is 21.3 Å². The van der Waals surface area contributed by atoms with E-state index in [0.717, 1.165) is 0 Å². The Balaban J connectivity index is 2.08. The Kier molecular flexibility index (Phi) is 5.70. The number of non-ortho nitro benzene ring substituents is 1. The predicted octanol–water partition coefficient (Wildman–Crippen LogP) is 1.93. The highest BCUT2D eigenvalue weighted by atomic mass is 35.5. The number of amides is 1. The molecule has 6 nitrogen and oxygen atoms in total. The quantitative estimate of drug-likeness (QED) is 0.614. The molecule has 23 heavy (non-hydrogen) atoms. The van der Waals surface area contributed by atoms with Gasteiger partial charge in [0.05, 0.1) is 41.0 Å². The largest absolute Gasteiger partial charge is 0.346 e. The fraction of sp³-hybridized carbons (Fsp3) is 0.267. The maximum absolute atomic E-state index is 12.3. The summed E-state index contributed by atoms with van der Waals surface area (Å²) in [6.07, 6.45) is 0. The number of nitrogens with one attached hydrogen (secondary N) is 2. The second-order valence-electron chi connectivity index (χ2n) is 5.28. The lowest BCUT2D eigenvalue weighted by atomic mass is 10.1. The van der Waals surface area contributed by atoms with E-state index in [1.807, 2.05) is 31.6 Å². The predicted molar refractivity (Wildman–Crippen MR) is 90.3 cm³/mol. The Morgan fingerprint density at radius 1 is 1.43 bits per heavy atom. The summed E-state index contributed by atoms with van der Waals surface area (Å²) in [6, 6.07) is 7.98. The summed E-state index contributed by atoms with van der Waals surface area (Å²) >= 11 is 7.62. The maximum atomic E-state index is 12.3. The van der Waals surface area contributed by atoms with Crippen LogP contribution in [0, 0.1) is 10.1 Å². The van der Waals surface area contributed by atoms with Crippen molar-refractivity contribution in [1.82, 2.24) is 5.32 Å². The third kappa shape index (κ3) is 4.28. The number of halogens is 1. The molecule has 2 aromatic rings. The van der Waals surface area contributed by atoms with E-state index < -0.39 is 4.92 Å². The molecule has 1 atom stereocenters. The zero-order chi connectivity index (χ0) is 17.0. The van der Waals surface area contributed by atoms with E-state index in [2.05, 4.69) is 5.32 Å². The number of carbonyl (C=O) groups excluding carboxylic acids is 1. The minimum atomic E-state index is -0.546. The average molecular weight is 355 g/mol. The van der Waals surface area contributed by atoms with Gasteiger partial charge in [0.25, 0.3) is 11.6 Å². The fourth-order valence-electron chi connectivity index (χ4n) is 2.17. The summed E-state index contributed by atoms with van der Waals surface area (Å²) in [5, 5.41) is 15.6. The van der Waals surface area contributed by atoms with Crippen molar-refractivity contribution in [3.63, 3.8) is 0 Å². The summed E-state index contributed by atoms with van der Waals surface area (Å²) in [7, 11) is 4.05. The summed E-state index contributed by atoms with van der Waals surface area (Å²) < 4.78 is 0. The van der Waals surface area contributed by atoms with Crippen LogP contribution in [0.3, 0.4) is 0 Å². The van der Waals surface area contributed by atoms with Crippen LogP contribution in [-0.2, 0) is 0 Å². The van der Waals surface area contributed by atoms with Crippen LogP contribution in [0.5, 0.6) is 0 Å². The summed E-state index contributed by atoms with van der Waals surface area (Å²) in [5.74, 6) is -0.340. The van der Waals surface area contributed by atoms with Gasteiger partial charge in [-0.3, -0.25) is 14.9 Å². The number of nitro groups is 1. The number of likely N-dealkylation sites (N-methyl/N-ethyl adjacent to an activating group) is 1. The molecule has 0 fully saturated rings. The third-order valence-electron chi connectivity index (χ3n) is 3.46. The molecule has 0 saturated heterocycles.